The predicted molar refractivity (Wildman–Crippen MR) is 84.0 cm³/mol. The Labute approximate surface area is 134 Å². The first-order valence-electron chi connectivity index (χ1n) is 7.09. The molecule has 0 amide bonds. The molecule has 0 heterocycles. The van der Waals surface area contributed by atoms with Crippen molar-refractivity contribution in [2.75, 3.05) is 0 Å². The molecule has 0 spiro atoms. The van der Waals surface area contributed by atoms with E-state index in [9.17, 15) is 14.7 Å². The summed E-state index contributed by atoms with van der Waals surface area (Å²) >= 11 is 0. The lowest BCUT2D eigenvalue weighted by molar-refractivity contribution is -0.686. The molecule has 0 saturated heterocycles. The summed E-state index contributed by atoms with van der Waals surface area (Å²) in [4.78, 5) is 19.0. The van der Waals surface area contributed by atoms with Crippen molar-refractivity contribution >= 4 is 11.9 Å². The summed E-state index contributed by atoms with van der Waals surface area (Å²) in [5.41, 5.74) is 2.77. The van der Waals surface area contributed by atoms with E-state index in [0.717, 1.165) is 13.1 Å². The summed E-state index contributed by atoms with van der Waals surface area (Å²) in [5.74, 6) is -2.80. The molecule has 0 unspecified atom stereocenters. The Morgan fingerprint density at radius 3 is 1.61 bits per heavy atom. The van der Waals surface area contributed by atoms with Gasteiger partial charge in [0, 0.05) is 17.2 Å². The zero-order valence-electron chi connectivity index (χ0n) is 12.6. The topological polar surface area (TPSA) is 94.0 Å². The van der Waals surface area contributed by atoms with Gasteiger partial charge in [0.05, 0.1) is 5.97 Å². The highest BCUT2D eigenvalue weighted by atomic mass is 16.4. The first-order chi connectivity index (χ1) is 11.1. The summed E-state index contributed by atoms with van der Waals surface area (Å²) in [6, 6.07) is 21.1. The first kappa shape index (κ1) is 18.1. The summed E-state index contributed by atoms with van der Waals surface area (Å²) in [6.07, 6.45) is 0.942. The maximum Gasteiger partial charge on any atom is 0.328 e. The number of nitrogens with two attached hydrogens (primary N) is 1. The maximum absolute atomic E-state index is 9.53. The molecule has 23 heavy (non-hydrogen) atoms. The molecule has 0 aliphatic heterocycles. The molecule has 5 heteroatoms. The lowest BCUT2D eigenvalue weighted by atomic mass is 10.2. The quantitative estimate of drug-likeness (QED) is 0.751. The number of hydrogen-bond acceptors (Lipinski definition) is 3. The molecule has 120 valence electrons. The molecule has 0 saturated carbocycles. The largest absolute Gasteiger partial charge is 0.545 e. The third-order valence-electron chi connectivity index (χ3n) is 2.81. The van der Waals surface area contributed by atoms with Crippen LogP contribution in [0.15, 0.2) is 72.8 Å². The fraction of sp³-hybridized carbons (Fsp3) is 0.111. The number of carboxylic acids is 2. The molecular formula is C18H19NO4. The molecule has 5 nitrogen and oxygen atoms in total. The van der Waals surface area contributed by atoms with Crippen molar-refractivity contribution in [2.24, 2.45) is 0 Å². The molecule has 0 radical (unpaired) electrons. The van der Waals surface area contributed by atoms with Crippen LogP contribution in [0.1, 0.15) is 11.1 Å². The number of carbonyl (C=O) groups excluding carboxylic acids is 1. The average Bonchev–Trinajstić information content (AvgIpc) is 2.56. The van der Waals surface area contributed by atoms with Gasteiger partial charge in [0.2, 0.25) is 0 Å². The van der Waals surface area contributed by atoms with E-state index in [1.165, 1.54) is 11.1 Å². The standard InChI is InChI=1S/C14H15N.C4H4O4/c1-3-7-13(8-4-1)11-15-12-14-9-5-2-6-10-14;5-3(6)1-2-4(7)8/h1-10,15H,11-12H2;1-2H,(H,5,6)(H,7,8)/b;2-1-. The summed E-state index contributed by atoms with van der Waals surface area (Å²) in [6.45, 7) is 2.10. The Balaban J connectivity index is 0.000000284. The maximum atomic E-state index is 9.53. The van der Waals surface area contributed by atoms with Crippen LogP contribution in [0.5, 0.6) is 0 Å². The van der Waals surface area contributed by atoms with Crippen LogP contribution in [0.3, 0.4) is 0 Å². The molecule has 2 aromatic carbocycles. The van der Waals surface area contributed by atoms with E-state index in [4.69, 9.17) is 5.11 Å². The van der Waals surface area contributed by atoms with Crippen LogP contribution >= 0.6 is 0 Å². The Morgan fingerprint density at radius 1 is 0.870 bits per heavy atom. The average molecular weight is 313 g/mol. The third-order valence-corrected chi connectivity index (χ3v) is 2.81. The molecule has 0 aliphatic rings. The van der Waals surface area contributed by atoms with Crippen LogP contribution in [0.25, 0.3) is 0 Å². The van der Waals surface area contributed by atoms with Gasteiger partial charge in [0.1, 0.15) is 13.1 Å². The van der Waals surface area contributed by atoms with Gasteiger partial charge in [-0.1, -0.05) is 60.7 Å². The van der Waals surface area contributed by atoms with Crippen molar-refractivity contribution in [3.63, 3.8) is 0 Å². The molecule has 0 fully saturated rings. The fourth-order valence-electron chi connectivity index (χ4n) is 1.77. The Hall–Kier alpha value is -2.92. The van der Waals surface area contributed by atoms with E-state index >= 15 is 0 Å². The van der Waals surface area contributed by atoms with Gasteiger partial charge in [-0.3, -0.25) is 0 Å². The first-order valence-corrected chi connectivity index (χ1v) is 7.09. The van der Waals surface area contributed by atoms with Crippen molar-refractivity contribution in [3.8, 4) is 0 Å². The van der Waals surface area contributed by atoms with Crippen molar-refractivity contribution in [2.45, 2.75) is 13.1 Å². The minimum atomic E-state index is -1.51. The minimum Gasteiger partial charge on any atom is -0.545 e. The smallest absolute Gasteiger partial charge is 0.328 e. The summed E-state index contributed by atoms with van der Waals surface area (Å²) in [5, 5.41) is 19.6. The number of hydrogen-bond donors (Lipinski definition) is 2. The van der Waals surface area contributed by atoms with E-state index in [-0.39, 0.29) is 0 Å². The monoisotopic (exact) mass is 313 g/mol. The molecule has 3 N–H and O–H groups in total. The molecule has 0 atom stereocenters. The van der Waals surface area contributed by atoms with Crippen molar-refractivity contribution in [1.29, 1.82) is 0 Å². The number of rotatable bonds is 6. The fourth-order valence-corrected chi connectivity index (χ4v) is 1.77. The molecule has 2 aromatic rings. The zero-order chi connectivity index (χ0) is 16.9. The molecular weight excluding hydrogens is 294 g/mol. The van der Waals surface area contributed by atoms with E-state index in [0.29, 0.717) is 12.2 Å². The van der Waals surface area contributed by atoms with Gasteiger partial charge in [-0.25, -0.2) is 4.79 Å². The lowest BCUT2D eigenvalue weighted by Gasteiger charge is -2.01. The number of quaternary nitrogens is 1. The van der Waals surface area contributed by atoms with Crippen LogP contribution in [0.2, 0.25) is 0 Å². The Kier molecular flexibility index (Phi) is 8.48. The van der Waals surface area contributed by atoms with Crippen molar-refractivity contribution in [1.82, 2.24) is 0 Å². The van der Waals surface area contributed by atoms with Gasteiger partial charge < -0.3 is 20.3 Å². The van der Waals surface area contributed by atoms with E-state index in [1.807, 2.05) is 0 Å². The number of carboxylic acid groups (broad SMARTS) is 2. The van der Waals surface area contributed by atoms with Gasteiger partial charge in [-0.15, -0.1) is 0 Å². The van der Waals surface area contributed by atoms with Gasteiger partial charge in [-0.05, 0) is 6.08 Å². The van der Waals surface area contributed by atoms with E-state index in [1.54, 1.807) is 0 Å². The van der Waals surface area contributed by atoms with Gasteiger partial charge in [0.25, 0.3) is 0 Å². The molecule has 2 rings (SSSR count). The van der Waals surface area contributed by atoms with Crippen LogP contribution in [-0.2, 0) is 22.7 Å². The van der Waals surface area contributed by atoms with Crippen LogP contribution in [-0.4, -0.2) is 17.0 Å². The highest BCUT2D eigenvalue weighted by Gasteiger charge is 1.95. The van der Waals surface area contributed by atoms with Gasteiger partial charge >= 0.3 is 5.97 Å². The normalized spacial score (nSPS) is 9.91. The zero-order valence-corrected chi connectivity index (χ0v) is 12.6. The number of carbonyl (C=O) groups is 2. The van der Waals surface area contributed by atoms with Crippen molar-refractivity contribution in [3.05, 3.63) is 83.9 Å². The predicted octanol–water partition coefficient (Wildman–Crippen LogP) is 0.327. The lowest BCUT2D eigenvalue weighted by Crippen LogP contribution is -2.80. The highest BCUT2D eigenvalue weighted by Crippen LogP contribution is 1.96. The van der Waals surface area contributed by atoms with E-state index in [2.05, 4.69) is 66.0 Å². The molecule has 0 bridgehead atoms. The summed E-state index contributed by atoms with van der Waals surface area (Å²) < 4.78 is 0. The van der Waals surface area contributed by atoms with Crippen LogP contribution in [0, 0.1) is 0 Å². The van der Waals surface area contributed by atoms with Gasteiger partial charge in [-0.2, -0.15) is 0 Å². The minimum absolute atomic E-state index is 0.447. The Bertz CT molecular complexity index is 568. The Morgan fingerprint density at radius 2 is 1.30 bits per heavy atom. The summed E-state index contributed by atoms with van der Waals surface area (Å²) in [7, 11) is 0. The molecule has 0 aromatic heterocycles. The van der Waals surface area contributed by atoms with Crippen LogP contribution < -0.4 is 10.4 Å². The van der Waals surface area contributed by atoms with E-state index < -0.39 is 11.9 Å². The number of benzene rings is 2. The second-order valence-electron chi connectivity index (χ2n) is 4.66. The second-order valence-corrected chi connectivity index (χ2v) is 4.66. The third kappa shape index (κ3) is 9.60. The van der Waals surface area contributed by atoms with Crippen molar-refractivity contribution < 1.29 is 25.1 Å². The molecule has 0 aliphatic carbocycles. The van der Waals surface area contributed by atoms with Gasteiger partial charge in [0.15, 0.2) is 0 Å². The SMILES string of the molecule is O=C([O-])/C=C\C(=O)O.c1ccc(C[NH2+]Cc2ccccc2)cc1. The highest BCUT2D eigenvalue weighted by molar-refractivity contribution is 5.88. The number of aliphatic carboxylic acids is 2. The van der Waals surface area contributed by atoms with Crippen LogP contribution in [0.4, 0.5) is 0 Å². The second kappa shape index (κ2) is 10.8.